The van der Waals surface area contributed by atoms with Gasteiger partial charge in [-0.3, -0.25) is 4.57 Å². The van der Waals surface area contributed by atoms with Crippen LogP contribution in [0.4, 0.5) is 0 Å². The number of hydrogen-bond donors (Lipinski definition) is 0. The molecule has 2 heterocycles. The van der Waals surface area contributed by atoms with Crippen molar-refractivity contribution in [2.24, 2.45) is 0 Å². The molecule has 1 unspecified atom stereocenters. The monoisotopic (exact) mass is 409 g/mol. The van der Waals surface area contributed by atoms with Crippen LogP contribution in [0.5, 0.6) is 0 Å². The predicted molar refractivity (Wildman–Crippen MR) is 92.2 cm³/mol. The number of halogens is 3. The molecule has 0 saturated carbocycles. The zero-order chi connectivity index (χ0) is 16.0. The molecular formula is C16H10BrCl2N3O. The Labute approximate surface area is 151 Å². The summed E-state index contributed by atoms with van der Waals surface area (Å²) in [7, 11) is 0. The van der Waals surface area contributed by atoms with Crippen LogP contribution in [0.1, 0.15) is 23.1 Å². The topological polar surface area (TPSA) is 39.9 Å². The molecule has 4 nitrogen and oxygen atoms in total. The van der Waals surface area contributed by atoms with E-state index < -0.39 is 0 Å². The van der Waals surface area contributed by atoms with Gasteiger partial charge in [0, 0.05) is 21.2 Å². The van der Waals surface area contributed by atoms with E-state index in [2.05, 4.69) is 26.1 Å². The van der Waals surface area contributed by atoms with E-state index >= 15 is 0 Å². The Balaban J connectivity index is 1.97. The summed E-state index contributed by atoms with van der Waals surface area (Å²) >= 11 is 16.0. The van der Waals surface area contributed by atoms with Crippen molar-refractivity contribution in [3.63, 3.8) is 0 Å². The summed E-state index contributed by atoms with van der Waals surface area (Å²) in [5.74, 6) is 0.718. The van der Waals surface area contributed by atoms with Gasteiger partial charge in [0.2, 0.25) is 4.73 Å². The van der Waals surface area contributed by atoms with Crippen molar-refractivity contribution in [1.29, 1.82) is 0 Å². The molecule has 0 saturated heterocycles. The highest BCUT2D eigenvalue weighted by atomic mass is 79.9. The second-order valence-electron chi connectivity index (χ2n) is 5.14. The number of benzene rings is 2. The first kappa shape index (κ1) is 15.1. The zero-order valence-corrected chi connectivity index (χ0v) is 14.8. The van der Waals surface area contributed by atoms with Crippen LogP contribution in [-0.2, 0) is 11.3 Å². The van der Waals surface area contributed by atoms with Gasteiger partial charge in [-0.2, -0.15) is 0 Å². The molecule has 7 heteroatoms. The van der Waals surface area contributed by atoms with Crippen LogP contribution < -0.4 is 0 Å². The van der Waals surface area contributed by atoms with Crippen molar-refractivity contribution in [3.8, 4) is 5.69 Å². The Hall–Kier alpha value is -1.40. The third kappa shape index (κ3) is 2.58. The van der Waals surface area contributed by atoms with Gasteiger partial charge in [-0.15, -0.1) is 10.2 Å². The number of ether oxygens (including phenoxy) is 1. The first-order valence-corrected chi connectivity index (χ1v) is 8.45. The molecule has 0 fully saturated rings. The Morgan fingerprint density at radius 3 is 2.74 bits per heavy atom. The molecule has 0 N–H and O–H groups in total. The highest BCUT2D eigenvalue weighted by molar-refractivity contribution is 9.10. The second-order valence-corrected chi connectivity index (χ2v) is 6.69. The molecule has 3 aromatic rings. The van der Waals surface area contributed by atoms with Crippen molar-refractivity contribution < 1.29 is 4.74 Å². The number of hydrogen-bond acceptors (Lipinski definition) is 3. The quantitative estimate of drug-likeness (QED) is 0.569. The van der Waals surface area contributed by atoms with Crippen LogP contribution in [0.15, 0.2) is 47.2 Å². The van der Waals surface area contributed by atoms with Crippen molar-refractivity contribution in [2.45, 2.75) is 12.7 Å². The smallest absolute Gasteiger partial charge is 0.204 e. The van der Waals surface area contributed by atoms with Crippen molar-refractivity contribution >= 4 is 39.1 Å². The van der Waals surface area contributed by atoms with Crippen LogP contribution in [0.25, 0.3) is 5.69 Å². The molecule has 0 bridgehead atoms. The van der Waals surface area contributed by atoms with Gasteiger partial charge in [0.05, 0.1) is 5.69 Å². The minimum Gasteiger partial charge on any atom is -0.361 e. The van der Waals surface area contributed by atoms with Gasteiger partial charge < -0.3 is 4.74 Å². The van der Waals surface area contributed by atoms with Gasteiger partial charge in [-0.1, -0.05) is 41.4 Å². The summed E-state index contributed by atoms with van der Waals surface area (Å²) in [6, 6.07) is 13.3. The van der Waals surface area contributed by atoms with E-state index in [4.69, 9.17) is 27.9 Å². The maximum atomic E-state index is 6.38. The molecule has 1 aliphatic heterocycles. The average molecular weight is 411 g/mol. The van der Waals surface area contributed by atoms with Crippen LogP contribution in [0.3, 0.4) is 0 Å². The Kier molecular flexibility index (Phi) is 3.89. The molecule has 0 amide bonds. The fraction of sp³-hybridized carbons (Fsp3) is 0.125. The third-order valence-electron chi connectivity index (χ3n) is 3.77. The molecular weight excluding hydrogens is 401 g/mol. The molecule has 23 heavy (non-hydrogen) atoms. The van der Waals surface area contributed by atoms with Crippen LogP contribution in [-0.4, -0.2) is 14.8 Å². The Bertz CT molecular complexity index is 897. The van der Waals surface area contributed by atoms with Gasteiger partial charge >= 0.3 is 0 Å². The predicted octanol–water partition coefficient (Wildman–Crippen LogP) is 4.96. The molecule has 1 atom stereocenters. The summed E-state index contributed by atoms with van der Waals surface area (Å²) in [6.45, 7) is 0.320. The van der Waals surface area contributed by atoms with Gasteiger partial charge in [0.15, 0.2) is 5.82 Å². The summed E-state index contributed by atoms with van der Waals surface area (Å²) in [6.07, 6.45) is -0.328. The molecule has 0 radical (unpaired) electrons. The van der Waals surface area contributed by atoms with Crippen molar-refractivity contribution in [2.75, 3.05) is 0 Å². The summed E-state index contributed by atoms with van der Waals surface area (Å²) < 4.78 is 8.65. The van der Waals surface area contributed by atoms with Crippen molar-refractivity contribution in [1.82, 2.24) is 14.8 Å². The third-order valence-corrected chi connectivity index (χ3v) is 4.86. The van der Waals surface area contributed by atoms with E-state index in [1.807, 2.05) is 47.0 Å². The number of nitrogens with zero attached hydrogens (tertiary/aromatic N) is 3. The molecule has 1 aromatic heterocycles. The minimum atomic E-state index is -0.328. The lowest BCUT2D eigenvalue weighted by Crippen LogP contribution is -2.07. The normalized spacial score (nSPS) is 16.6. The van der Waals surface area contributed by atoms with Crippen molar-refractivity contribution in [3.05, 3.63) is 74.2 Å². The SMILES string of the molecule is Clc1ccc2c(c1)C(c1ccccc1Cl)OCc1nnc(Br)n1-2. The van der Waals surface area contributed by atoms with E-state index in [1.54, 1.807) is 0 Å². The fourth-order valence-electron chi connectivity index (χ4n) is 2.76. The lowest BCUT2D eigenvalue weighted by molar-refractivity contribution is 0.0655. The highest BCUT2D eigenvalue weighted by Crippen LogP contribution is 2.39. The van der Waals surface area contributed by atoms with Gasteiger partial charge in [-0.25, -0.2) is 0 Å². The summed E-state index contributed by atoms with van der Waals surface area (Å²) in [5.41, 5.74) is 2.74. The van der Waals surface area contributed by atoms with Gasteiger partial charge in [0.25, 0.3) is 0 Å². The van der Waals surface area contributed by atoms with E-state index in [9.17, 15) is 0 Å². The number of fused-ring (bicyclic) bond motifs is 3. The second kappa shape index (κ2) is 5.91. The maximum Gasteiger partial charge on any atom is 0.204 e. The molecule has 4 rings (SSSR count). The molecule has 0 aliphatic carbocycles. The van der Waals surface area contributed by atoms with Gasteiger partial charge in [-0.05, 0) is 40.2 Å². The maximum absolute atomic E-state index is 6.38. The zero-order valence-electron chi connectivity index (χ0n) is 11.7. The Morgan fingerprint density at radius 1 is 1.09 bits per heavy atom. The number of aromatic nitrogens is 3. The van der Waals surface area contributed by atoms with Crippen LogP contribution in [0.2, 0.25) is 10.0 Å². The summed E-state index contributed by atoms with van der Waals surface area (Å²) in [5, 5.41) is 9.52. The van der Waals surface area contributed by atoms with Crippen LogP contribution in [0, 0.1) is 0 Å². The van der Waals surface area contributed by atoms with E-state index in [0.29, 0.717) is 21.4 Å². The van der Waals surface area contributed by atoms with Crippen LogP contribution >= 0.6 is 39.1 Å². The Morgan fingerprint density at radius 2 is 1.91 bits per heavy atom. The molecule has 2 aromatic carbocycles. The lowest BCUT2D eigenvalue weighted by Gasteiger charge is -2.19. The fourth-order valence-corrected chi connectivity index (χ4v) is 3.65. The van der Waals surface area contributed by atoms with Gasteiger partial charge in [0.1, 0.15) is 12.7 Å². The standard InChI is InChI=1S/C16H10BrCl2N3O/c17-16-21-20-14-8-23-15(10-3-1-2-4-12(10)19)11-7-9(18)5-6-13(11)22(14)16/h1-7,15H,8H2. The average Bonchev–Trinajstić information content (AvgIpc) is 2.82. The number of rotatable bonds is 1. The first-order valence-electron chi connectivity index (χ1n) is 6.91. The van der Waals surface area contributed by atoms with E-state index in [1.165, 1.54) is 0 Å². The first-order chi connectivity index (χ1) is 11.1. The molecule has 116 valence electrons. The molecule has 1 aliphatic rings. The highest BCUT2D eigenvalue weighted by Gasteiger charge is 2.28. The minimum absolute atomic E-state index is 0.320. The lowest BCUT2D eigenvalue weighted by atomic mass is 9.99. The van der Waals surface area contributed by atoms with E-state index in [-0.39, 0.29) is 6.10 Å². The van der Waals surface area contributed by atoms with E-state index in [0.717, 1.165) is 22.6 Å². The molecule has 0 spiro atoms. The largest absolute Gasteiger partial charge is 0.361 e. The summed E-state index contributed by atoms with van der Waals surface area (Å²) in [4.78, 5) is 0.